The summed E-state index contributed by atoms with van der Waals surface area (Å²) in [6.45, 7) is 3.41. The number of halogens is 3. The number of alkyl halides is 3. The minimum atomic E-state index is -5.08. The molecule has 0 radical (unpaired) electrons. The van der Waals surface area contributed by atoms with E-state index in [2.05, 4.69) is 17.0 Å². The number of carbonyl (C=O) groups is 1. The van der Waals surface area contributed by atoms with Gasteiger partial charge < -0.3 is 14.6 Å². The molecule has 2 aliphatic rings. The van der Waals surface area contributed by atoms with Gasteiger partial charge in [0, 0.05) is 32.2 Å². The number of carboxylic acid groups (broad SMARTS) is 1. The van der Waals surface area contributed by atoms with Crippen molar-refractivity contribution in [2.24, 2.45) is 5.92 Å². The first kappa shape index (κ1) is 20.2. The highest BCUT2D eigenvalue weighted by molar-refractivity contribution is 5.73. The molecule has 1 N–H and O–H groups in total. The molecule has 1 aromatic rings. The number of ether oxygens (including phenoxy) is 2. The molecule has 2 heterocycles. The van der Waals surface area contributed by atoms with Gasteiger partial charge in [-0.3, -0.25) is 4.90 Å². The number of likely N-dealkylation sites (tertiary alicyclic amines) is 1. The molecule has 6 nitrogen and oxygen atoms in total. The van der Waals surface area contributed by atoms with Crippen LogP contribution in [-0.4, -0.2) is 61.2 Å². The van der Waals surface area contributed by atoms with Crippen LogP contribution in [0.5, 0.6) is 0 Å². The van der Waals surface area contributed by atoms with Gasteiger partial charge in [-0.15, -0.1) is 0 Å². The molecule has 26 heavy (non-hydrogen) atoms. The Labute approximate surface area is 148 Å². The molecule has 3 rings (SSSR count). The monoisotopic (exact) mass is 372 g/mol. The lowest BCUT2D eigenvalue weighted by atomic mass is 10.0. The zero-order chi connectivity index (χ0) is 19.3. The van der Waals surface area contributed by atoms with E-state index in [9.17, 15) is 13.2 Å². The van der Waals surface area contributed by atoms with Crippen molar-refractivity contribution in [3.8, 4) is 6.07 Å². The van der Waals surface area contributed by atoms with Gasteiger partial charge in [0.1, 0.15) is 0 Å². The minimum absolute atomic E-state index is 0.270. The summed E-state index contributed by atoms with van der Waals surface area (Å²) >= 11 is 0. The Balaban J connectivity index is 0.000000298. The van der Waals surface area contributed by atoms with Crippen LogP contribution in [0.2, 0.25) is 0 Å². The Bertz CT molecular complexity index is 675. The summed E-state index contributed by atoms with van der Waals surface area (Å²) < 4.78 is 42.9. The van der Waals surface area contributed by atoms with E-state index in [0.29, 0.717) is 12.0 Å². The Morgan fingerprint density at radius 2 is 2.15 bits per heavy atom. The van der Waals surface area contributed by atoms with Crippen LogP contribution in [-0.2, 0) is 20.8 Å². The third-order valence-corrected chi connectivity index (χ3v) is 4.44. The van der Waals surface area contributed by atoms with E-state index in [-0.39, 0.29) is 6.10 Å². The van der Waals surface area contributed by atoms with Crippen LogP contribution in [0.15, 0.2) is 24.3 Å². The molecule has 0 aromatic heterocycles. The maximum Gasteiger partial charge on any atom is 0.490 e. The zero-order valence-electron chi connectivity index (χ0n) is 14.1. The van der Waals surface area contributed by atoms with Gasteiger partial charge in [-0.25, -0.2) is 4.79 Å². The predicted octanol–water partition coefficient (Wildman–Crippen LogP) is 2.04. The van der Waals surface area contributed by atoms with Gasteiger partial charge >= 0.3 is 12.1 Å². The van der Waals surface area contributed by atoms with Crippen molar-refractivity contribution in [1.82, 2.24) is 4.90 Å². The molecule has 2 saturated heterocycles. The third-order valence-electron chi connectivity index (χ3n) is 4.44. The van der Waals surface area contributed by atoms with Crippen molar-refractivity contribution in [1.29, 1.82) is 5.26 Å². The molecule has 1 aromatic carbocycles. The average Bonchev–Trinajstić information content (AvgIpc) is 3.18. The fraction of sp³-hybridized carbons (Fsp3) is 0.529. The van der Waals surface area contributed by atoms with Crippen molar-refractivity contribution >= 4 is 5.97 Å². The number of aliphatic carboxylic acids is 1. The van der Waals surface area contributed by atoms with Crippen molar-refractivity contribution in [2.45, 2.75) is 24.9 Å². The lowest BCUT2D eigenvalue weighted by Crippen LogP contribution is -2.32. The van der Waals surface area contributed by atoms with Crippen molar-refractivity contribution in [3.63, 3.8) is 0 Å². The van der Waals surface area contributed by atoms with Crippen LogP contribution in [0.1, 0.15) is 11.1 Å². The van der Waals surface area contributed by atoms with E-state index in [0.717, 1.165) is 31.9 Å². The average molecular weight is 372 g/mol. The summed E-state index contributed by atoms with van der Waals surface area (Å²) in [5.74, 6) is -2.27. The molecule has 0 unspecified atom stereocenters. The summed E-state index contributed by atoms with van der Waals surface area (Å²) in [5.41, 5.74) is 1.90. The summed E-state index contributed by atoms with van der Waals surface area (Å²) in [6.07, 6.45) is -4.81. The largest absolute Gasteiger partial charge is 0.490 e. The number of nitriles is 1. The molecular formula is C17H19F3N2O4. The molecule has 0 spiro atoms. The summed E-state index contributed by atoms with van der Waals surface area (Å²) in [5, 5.41) is 16.1. The van der Waals surface area contributed by atoms with E-state index in [1.807, 2.05) is 18.2 Å². The van der Waals surface area contributed by atoms with Crippen LogP contribution < -0.4 is 0 Å². The SMILES string of the molecule is CO[C@H]1CN(Cc2cccc(C#N)c2)[C@@H]2COC[C@H]12.O=C(O)C(F)(F)F. The summed E-state index contributed by atoms with van der Waals surface area (Å²) in [6, 6.07) is 10.5. The van der Waals surface area contributed by atoms with Crippen LogP contribution in [0.3, 0.4) is 0 Å². The second-order valence-electron chi connectivity index (χ2n) is 6.09. The Kier molecular flexibility index (Phi) is 6.58. The smallest absolute Gasteiger partial charge is 0.475 e. The van der Waals surface area contributed by atoms with E-state index in [1.54, 1.807) is 7.11 Å². The fourth-order valence-corrected chi connectivity index (χ4v) is 3.20. The van der Waals surface area contributed by atoms with Crippen LogP contribution in [0, 0.1) is 17.2 Å². The first-order valence-corrected chi connectivity index (χ1v) is 7.90. The Morgan fingerprint density at radius 1 is 1.46 bits per heavy atom. The van der Waals surface area contributed by atoms with E-state index in [4.69, 9.17) is 24.6 Å². The van der Waals surface area contributed by atoms with Gasteiger partial charge in [-0.05, 0) is 17.7 Å². The molecule has 3 atom stereocenters. The molecule has 0 saturated carbocycles. The molecule has 2 aliphatic heterocycles. The molecule has 9 heteroatoms. The van der Waals surface area contributed by atoms with Gasteiger partial charge in [-0.1, -0.05) is 12.1 Å². The molecule has 0 amide bonds. The van der Waals surface area contributed by atoms with Gasteiger partial charge in [0.15, 0.2) is 0 Å². The number of rotatable bonds is 3. The second-order valence-corrected chi connectivity index (χ2v) is 6.09. The van der Waals surface area contributed by atoms with E-state index < -0.39 is 12.1 Å². The molecule has 142 valence electrons. The number of hydrogen-bond donors (Lipinski definition) is 1. The molecular weight excluding hydrogens is 353 g/mol. The van der Waals surface area contributed by atoms with Crippen molar-refractivity contribution < 1.29 is 32.5 Å². The number of fused-ring (bicyclic) bond motifs is 1. The van der Waals surface area contributed by atoms with Crippen molar-refractivity contribution in [2.75, 3.05) is 26.9 Å². The van der Waals surface area contributed by atoms with E-state index in [1.165, 1.54) is 5.56 Å². The second kappa shape index (κ2) is 8.49. The number of hydrogen-bond acceptors (Lipinski definition) is 5. The predicted molar refractivity (Wildman–Crippen MR) is 84.2 cm³/mol. The first-order chi connectivity index (χ1) is 12.3. The maximum atomic E-state index is 10.6. The van der Waals surface area contributed by atoms with Crippen LogP contribution in [0.4, 0.5) is 13.2 Å². The van der Waals surface area contributed by atoms with Gasteiger partial charge in [0.25, 0.3) is 0 Å². The molecule has 2 fully saturated rings. The Morgan fingerprint density at radius 3 is 2.73 bits per heavy atom. The maximum absolute atomic E-state index is 10.6. The highest BCUT2D eigenvalue weighted by atomic mass is 19.4. The highest BCUT2D eigenvalue weighted by Crippen LogP contribution is 2.32. The number of methoxy groups -OCH3 is 1. The zero-order valence-corrected chi connectivity index (χ0v) is 14.1. The number of nitrogens with zero attached hydrogens (tertiary/aromatic N) is 2. The highest BCUT2D eigenvalue weighted by Gasteiger charge is 2.45. The van der Waals surface area contributed by atoms with Crippen LogP contribution in [0.25, 0.3) is 0 Å². The molecule has 0 aliphatic carbocycles. The normalized spacial score (nSPS) is 25.1. The topological polar surface area (TPSA) is 82.8 Å². The molecule has 0 bridgehead atoms. The number of carboxylic acids is 1. The van der Waals surface area contributed by atoms with Crippen LogP contribution >= 0.6 is 0 Å². The minimum Gasteiger partial charge on any atom is -0.475 e. The van der Waals surface area contributed by atoms with E-state index >= 15 is 0 Å². The third kappa shape index (κ3) is 4.94. The van der Waals surface area contributed by atoms with Gasteiger partial charge in [-0.2, -0.15) is 18.4 Å². The lowest BCUT2D eigenvalue weighted by molar-refractivity contribution is -0.192. The van der Waals surface area contributed by atoms with Gasteiger partial charge in [0.05, 0.1) is 31.0 Å². The Hall–Kier alpha value is -2.15. The lowest BCUT2D eigenvalue weighted by Gasteiger charge is -2.22. The standard InChI is InChI=1S/C15H18N2O2.C2HF3O2/c1-18-15-8-17(14-10-19-9-13(14)15)7-12-4-2-3-11(5-12)6-16;3-2(4,5)1(6)7/h2-5,13-15H,7-10H2,1H3;(H,6,7)/t13-,14+,15-;/m0./s1. The number of benzene rings is 1. The summed E-state index contributed by atoms with van der Waals surface area (Å²) in [4.78, 5) is 11.3. The fourth-order valence-electron chi connectivity index (χ4n) is 3.20. The summed E-state index contributed by atoms with van der Waals surface area (Å²) in [7, 11) is 1.78. The quantitative estimate of drug-likeness (QED) is 0.874. The van der Waals surface area contributed by atoms with Gasteiger partial charge in [0.2, 0.25) is 0 Å². The van der Waals surface area contributed by atoms with Crippen molar-refractivity contribution in [3.05, 3.63) is 35.4 Å². The first-order valence-electron chi connectivity index (χ1n) is 7.90.